The number of carbonyl (C=O) groups excluding carboxylic acids is 2. The van der Waals surface area contributed by atoms with Crippen LogP contribution in [0.1, 0.15) is 43.7 Å². The molecule has 1 N–H and O–H groups in total. The lowest BCUT2D eigenvalue weighted by atomic mass is 10.1. The van der Waals surface area contributed by atoms with Crippen LogP contribution in [-0.4, -0.2) is 56.6 Å². The van der Waals surface area contributed by atoms with E-state index in [4.69, 9.17) is 11.6 Å². The molecule has 1 unspecified atom stereocenters. The zero-order valence-corrected chi connectivity index (χ0v) is 22.1. The molecule has 1 aliphatic rings. The molecule has 35 heavy (non-hydrogen) atoms. The molecule has 0 saturated heterocycles. The number of hydrogen-bond donors (Lipinski definition) is 1. The van der Waals surface area contributed by atoms with E-state index < -0.39 is 28.5 Å². The largest absolute Gasteiger partial charge is 0.352 e. The second-order valence-corrected chi connectivity index (χ2v) is 11.5. The van der Waals surface area contributed by atoms with Crippen molar-refractivity contribution < 1.29 is 18.0 Å². The van der Waals surface area contributed by atoms with E-state index in [-0.39, 0.29) is 18.5 Å². The lowest BCUT2D eigenvalue weighted by molar-refractivity contribution is -0.139. The van der Waals surface area contributed by atoms with Gasteiger partial charge in [-0.05, 0) is 56.4 Å². The summed E-state index contributed by atoms with van der Waals surface area (Å²) in [5.41, 5.74) is 1.94. The molecule has 0 heterocycles. The average molecular weight is 520 g/mol. The van der Waals surface area contributed by atoms with Gasteiger partial charge in [0.15, 0.2) is 0 Å². The van der Waals surface area contributed by atoms with Crippen LogP contribution in [0.2, 0.25) is 5.02 Å². The van der Waals surface area contributed by atoms with E-state index >= 15 is 0 Å². The second kappa shape index (κ2) is 11.9. The SMILES string of the molecule is Cc1c(Cl)cccc1N(CC(=O)N(CCc1ccccc1)C(C)C(=O)NC1CCCC1)S(C)(=O)=O. The van der Waals surface area contributed by atoms with Crippen LogP contribution in [0, 0.1) is 6.92 Å². The molecule has 0 aromatic heterocycles. The predicted molar refractivity (Wildman–Crippen MR) is 140 cm³/mol. The lowest BCUT2D eigenvalue weighted by Gasteiger charge is -2.32. The molecular formula is C26H34ClN3O4S. The molecular weight excluding hydrogens is 486 g/mol. The summed E-state index contributed by atoms with van der Waals surface area (Å²) in [4.78, 5) is 28.1. The first-order valence-electron chi connectivity index (χ1n) is 11.9. The van der Waals surface area contributed by atoms with Gasteiger partial charge in [0.05, 0.1) is 11.9 Å². The Hall–Kier alpha value is -2.58. The number of rotatable bonds is 10. The zero-order valence-electron chi connectivity index (χ0n) is 20.5. The molecule has 190 valence electrons. The molecule has 2 aromatic carbocycles. The summed E-state index contributed by atoms with van der Waals surface area (Å²) in [6.45, 7) is 3.28. The van der Waals surface area contributed by atoms with Gasteiger partial charge in [0.25, 0.3) is 0 Å². The van der Waals surface area contributed by atoms with Gasteiger partial charge in [0.1, 0.15) is 12.6 Å². The van der Waals surface area contributed by atoms with Crippen molar-refractivity contribution in [2.75, 3.05) is 23.7 Å². The summed E-state index contributed by atoms with van der Waals surface area (Å²) in [7, 11) is -3.79. The van der Waals surface area contributed by atoms with Crippen molar-refractivity contribution in [3.05, 3.63) is 64.7 Å². The van der Waals surface area contributed by atoms with E-state index in [0.717, 1.165) is 41.8 Å². The van der Waals surface area contributed by atoms with Crippen LogP contribution in [-0.2, 0) is 26.0 Å². The quantitative estimate of drug-likeness (QED) is 0.515. The third kappa shape index (κ3) is 7.21. The smallest absolute Gasteiger partial charge is 0.244 e. The number of benzene rings is 2. The van der Waals surface area contributed by atoms with Crippen LogP contribution in [0.25, 0.3) is 0 Å². The minimum atomic E-state index is -3.79. The summed E-state index contributed by atoms with van der Waals surface area (Å²) >= 11 is 6.23. The molecule has 2 amide bonds. The van der Waals surface area contributed by atoms with Gasteiger partial charge in [0, 0.05) is 17.6 Å². The Labute approximate surface area is 213 Å². The fraction of sp³-hybridized carbons (Fsp3) is 0.462. The van der Waals surface area contributed by atoms with Crippen molar-refractivity contribution in [3.63, 3.8) is 0 Å². The molecule has 0 aliphatic heterocycles. The first-order valence-corrected chi connectivity index (χ1v) is 14.2. The fourth-order valence-electron chi connectivity index (χ4n) is 4.42. The van der Waals surface area contributed by atoms with E-state index in [1.807, 2.05) is 30.3 Å². The van der Waals surface area contributed by atoms with Gasteiger partial charge < -0.3 is 10.2 Å². The molecule has 3 rings (SSSR count). The van der Waals surface area contributed by atoms with Crippen molar-refractivity contribution in [1.82, 2.24) is 10.2 Å². The number of anilines is 1. The third-order valence-corrected chi connectivity index (χ3v) is 8.08. The summed E-state index contributed by atoms with van der Waals surface area (Å²) in [5, 5.41) is 3.47. The molecule has 1 aliphatic carbocycles. The zero-order chi connectivity index (χ0) is 25.6. The summed E-state index contributed by atoms with van der Waals surface area (Å²) in [6, 6.07) is 14.0. The molecule has 7 nitrogen and oxygen atoms in total. The Balaban J connectivity index is 1.85. The molecule has 0 bridgehead atoms. The van der Waals surface area contributed by atoms with E-state index in [1.165, 1.54) is 4.90 Å². The Morgan fingerprint density at radius 3 is 2.37 bits per heavy atom. The molecule has 2 aromatic rings. The van der Waals surface area contributed by atoms with E-state index in [2.05, 4.69) is 5.32 Å². The van der Waals surface area contributed by atoms with Crippen LogP contribution in [0.15, 0.2) is 48.5 Å². The summed E-state index contributed by atoms with van der Waals surface area (Å²) < 4.78 is 26.5. The Morgan fingerprint density at radius 1 is 1.09 bits per heavy atom. The van der Waals surface area contributed by atoms with Crippen LogP contribution in [0.5, 0.6) is 0 Å². The first-order chi connectivity index (χ1) is 16.6. The van der Waals surface area contributed by atoms with Gasteiger partial charge >= 0.3 is 0 Å². The van der Waals surface area contributed by atoms with Gasteiger partial charge in [0.2, 0.25) is 21.8 Å². The van der Waals surface area contributed by atoms with Gasteiger partial charge in [-0.25, -0.2) is 8.42 Å². The van der Waals surface area contributed by atoms with E-state index in [1.54, 1.807) is 32.0 Å². The topological polar surface area (TPSA) is 86.8 Å². The van der Waals surface area contributed by atoms with Crippen LogP contribution in [0.3, 0.4) is 0 Å². The van der Waals surface area contributed by atoms with Crippen LogP contribution >= 0.6 is 11.6 Å². The maximum absolute atomic E-state index is 13.6. The predicted octanol–water partition coefficient (Wildman–Crippen LogP) is 3.93. The summed E-state index contributed by atoms with van der Waals surface area (Å²) in [5.74, 6) is -0.664. The number of hydrogen-bond acceptors (Lipinski definition) is 4. The lowest BCUT2D eigenvalue weighted by Crippen LogP contribution is -2.53. The molecule has 9 heteroatoms. The van der Waals surface area contributed by atoms with Crippen molar-refractivity contribution >= 4 is 39.1 Å². The van der Waals surface area contributed by atoms with Gasteiger partial charge in [-0.15, -0.1) is 0 Å². The monoisotopic (exact) mass is 519 g/mol. The Bertz CT molecular complexity index is 1130. The first kappa shape index (κ1) is 27.0. The summed E-state index contributed by atoms with van der Waals surface area (Å²) in [6.07, 6.45) is 5.64. The van der Waals surface area contributed by atoms with Crippen molar-refractivity contribution in [2.24, 2.45) is 0 Å². The van der Waals surface area contributed by atoms with Crippen molar-refractivity contribution in [1.29, 1.82) is 0 Å². The highest BCUT2D eigenvalue weighted by molar-refractivity contribution is 7.92. The molecule has 1 atom stereocenters. The number of carbonyl (C=O) groups is 2. The minimum absolute atomic E-state index is 0.123. The molecule has 1 fully saturated rings. The standard InChI is InChI=1S/C26H34ClN3O4S/c1-19-23(27)14-9-15-24(19)30(35(3,33)34)18-25(31)29(17-16-21-10-5-4-6-11-21)20(2)26(32)28-22-12-7-8-13-22/h4-6,9-11,14-15,20,22H,7-8,12-13,16-18H2,1-3H3,(H,28,32). The second-order valence-electron chi connectivity index (χ2n) is 9.14. The number of nitrogens with zero attached hydrogens (tertiary/aromatic N) is 2. The van der Waals surface area contributed by atoms with E-state index in [9.17, 15) is 18.0 Å². The van der Waals surface area contributed by atoms with E-state index in [0.29, 0.717) is 22.7 Å². The number of nitrogens with one attached hydrogen (secondary N) is 1. The maximum atomic E-state index is 13.6. The van der Waals surface area contributed by atoms with Crippen LogP contribution in [0.4, 0.5) is 5.69 Å². The van der Waals surface area contributed by atoms with Crippen molar-refractivity contribution in [2.45, 2.75) is 58.0 Å². The molecule has 1 saturated carbocycles. The number of sulfonamides is 1. The Kier molecular flexibility index (Phi) is 9.19. The molecule has 0 spiro atoms. The fourth-order valence-corrected chi connectivity index (χ4v) is 5.49. The van der Waals surface area contributed by atoms with Gasteiger partial charge in [-0.1, -0.05) is 60.8 Å². The normalized spacial score (nSPS) is 15.0. The highest BCUT2D eigenvalue weighted by atomic mass is 35.5. The Morgan fingerprint density at radius 2 is 1.74 bits per heavy atom. The van der Waals surface area contributed by atoms with Gasteiger partial charge in [-0.2, -0.15) is 0 Å². The third-order valence-electron chi connectivity index (χ3n) is 6.54. The highest BCUT2D eigenvalue weighted by Gasteiger charge is 2.31. The number of halogens is 1. The highest BCUT2D eigenvalue weighted by Crippen LogP contribution is 2.28. The molecule has 0 radical (unpaired) electrons. The maximum Gasteiger partial charge on any atom is 0.244 e. The van der Waals surface area contributed by atoms with Crippen molar-refractivity contribution in [3.8, 4) is 0 Å². The number of amides is 2. The minimum Gasteiger partial charge on any atom is -0.352 e. The average Bonchev–Trinajstić information content (AvgIpc) is 3.32. The van der Waals surface area contributed by atoms with Crippen LogP contribution < -0.4 is 9.62 Å². The van der Waals surface area contributed by atoms with Gasteiger partial charge in [-0.3, -0.25) is 13.9 Å².